The number of nitrogens with one attached hydrogen (secondary N) is 1. The van der Waals surface area contributed by atoms with E-state index >= 15 is 0 Å². The minimum Gasteiger partial charge on any atom is -0.313 e. The molecule has 2 unspecified atom stereocenters. The average Bonchev–Trinajstić information content (AvgIpc) is 2.55. The standard InChI is InChI=1S/C15H27ClN4/c1-5-6-13-9-20(11(2)7-8-17-13)10-14-15(16)12(3)18-19(14)4/h11,13,17H,5-10H2,1-4H3. The lowest BCUT2D eigenvalue weighted by Crippen LogP contribution is -2.40. The van der Waals surface area contributed by atoms with Gasteiger partial charge in [0.15, 0.2) is 0 Å². The molecule has 1 aromatic rings. The molecule has 1 aliphatic heterocycles. The summed E-state index contributed by atoms with van der Waals surface area (Å²) < 4.78 is 1.93. The topological polar surface area (TPSA) is 33.1 Å². The van der Waals surface area contributed by atoms with Gasteiger partial charge in [0.05, 0.1) is 16.4 Å². The maximum Gasteiger partial charge on any atom is 0.0860 e. The molecule has 1 fully saturated rings. The lowest BCUT2D eigenvalue weighted by molar-refractivity contribution is 0.188. The Morgan fingerprint density at radius 3 is 2.80 bits per heavy atom. The Bertz CT molecular complexity index is 443. The normalized spacial score (nSPS) is 24.9. The van der Waals surface area contributed by atoms with Crippen LogP contribution in [0.25, 0.3) is 0 Å². The Labute approximate surface area is 127 Å². The monoisotopic (exact) mass is 298 g/mol. The van der Waals surface area contributed by atoms with E-state index in [0.717, 1.165) is 36.0 Å². The first-order valence-corrected chi connectivity index (χ1v) is 8.06. The SMILES string of the molecule is CCCC1CN(Cc2c(Cl)c(C)nn2C)C(C)CCN1. The van der Waals surface area contributed by atoms with Gasteiger partial charge in [0, 0.05) is 32.2 Å². The molecular formula is C15H27ClN4. The van der Waals surface area contributed by atoms with E-state index in [1.165, 1.54) is 19.3 Å². The summed E-state index contributed by atoms with van der Waals surface area (Å²) in [6.07, 6.45) is 3.65. The molecule has 20 heavy (non-hydrogen) atoms. The highest BCUT2D eigenvalue weighted by molar-refractivity contribution is 6.31. The smallest absolute Gasteiger partial charge is 0.0860 e. The van der Waals surface area contributed by atoms with Crippen molar-refractivity contribution in [1.29, 1.82) is 0 Å². The van der Waals surface area contributed by atoms with Crippen LogP contribution in [0.4, 0.5) is 0 Å². The zero-order valence-corrected chi connectivity index (χ0v) is 13.9. The second kappa shape index (κ2) is 6.92. The number of halogens is 1. The fourth-order valence-electron chi connectivity index (χ4n) is 3.01. The largest absolute Gasteiger partial charge is 0.313 e. The maximum atomic E-state index is 6.39. The molecule has 0 aromatic carbocycles. The second-order valence-electron chi connectivity index (χ2n) is 5.98. The fraction of sp³-hybridized carbons (Fsp3) is 0.800. The van der Waals surface area contributed by atoms with Crippen molar-refractivity contribution in [1.82, 2.24) is 20.0 Å². The van der Waals surface area contributed by atoms with Crippen molar-refractivity contribution in [2.24, 2.45) is 7.05 Å². The summed E-state index contributed by atoms with van der Waals surface area (Å²) in [6.45, 7) is 9.63. The van der Waals surface area contributed by atoms with Gasteiger partial charge in [0.2, 0.25) is 0 Å². The minimum absolute atomic E-state index is 0.579. The highest BCUT2D eigenvalue weighted by Gasteiger charge is 2.24. The minimum atomic E-state index is 0.579. The van der Waals surface area contributed by atoms with E-state index in [9.17, 15) is 0 Å². The molecule has 2 atom stereocenters. The molecule has 4 nitrogen and oxygen atoms in total. The number of aromatic nitrogens is 2. The van der Waals surface area contributed by atoms with Crippen LogP contribution < -0.4 is 5.32 Å². The quantitative estimate of drug-likeness (QED) is 0.928. The predicted molar refractivity (Wildman–Crippen MR) is 84.1 cm³/mol. The fourth-order valence-corrected chi connectivity index (χ4v) is 3.23. The molecule has 1 aromatic heterocycles. The summed E-state index contributed by atoms with van der Waals surface area (Å²) in [6, 6.07) is 1.17. The molecule has 0 spiro atoms. The summed E-state index contributed by atoms with van der Waals surface area (Å²) in [5, 5.41) is 8.91. The number of nitrogens with zero attached hydrogens (tertiary/aromatic N) is 3. The maximum absolute atomic E-state index is 6.39. The van der Waals surface area contributed by atoms with Crippen molar-refractivity contribution in [2.45, 2.75) is 58.7 Å². The first kappa shape index (κ1) is 15.8. The number of aryl methyl sites for hydroxylation is 2. The van der Waals surface area contributed by atoms with E-state index < -0.39 is 0 Å². The Morgan fingerprint density at radius 1 is 1.45 bits per heavy atom. The third-order valence-electron chi connectivity index (χ3n) is 4.33. The van der Waals surface area contributed by atoms with Crippen molar-refractivity contribution < 1.29 is 0 Å². The van der Waals surface area contributed by atoms with Crippen molar-refractivity contribution in [3.63, 3.8) is 0 Å². The molecular weight excluding hydrogens is 272 g/mol. The molecule has 1 aliphatic rings. The molecule has 2 heterocycles. The molecule has 0 saturated carbocycles. The lowest BCUT2D eigenvalue weighted by Gasteiger charge is -2.29. The first-order valence-electron chi connectivity index (χ1n) is 7.68. The van der Waals surface area contributed by atoms with Crippen LogP contribution >= 0.6 is 11.6 Å². The van der Waals surface area contributed by atoms with Crippen LogP contribution in [-0.2, 0) is 13.6 Å². The molecule has 2 rings (SSSR count). The zero-order valence-electron chi connectivity index (χ0n) is 13.1. The van der Waals surface area contributed by atoms with Crippen LogP contribution in [0.3, 0.4) is 0 Å². The van der Waals surface area contributed by atoms with E-state index in [1.807, 2.05) is 18.7 Å². The molecule has 0 aliphatic carbocycles. The predicted octanol–water partition coefficient (Wildman–Crippen LogP) is 2.73. The lowest BCUT2D eigenvalue weighted by atomic mass is 10.1. The van der Waals surface area contributed by atoms with E-state index in [0.29, 0.717) is 12.1 Å². The third kappa shape index (κ3) is 3.54. The van der Waals surface area contributed by atoms with E-state index in [2.05, 4.69) is 29.2 Å². The van der Waals surface area contributed by atoms with Crippen LogP contribution in [0.1, 0.15) is 44.5 Å². The summed E-state index contributed by atoms with van der Waals surface area (Å²) in [5.41, 5.74) is 2.06. The zero-order chi connectivity index (χ0) is 14.7. The molecule has 5 heteroatoms. The van der Waals surface area contributed by atoms with Crippen molar-refractivity contribution in [3.05, 3.63) is 16.4 Å². The summed E-state index contributed by atoms with van der Waals surface area (Å²) >= 11 is 6.39. The van der Waals surface area contributed by atoms with Crippen LogP contribution in [0.15, 0.2) is 0 Å². The van der Waals surface area contributed by atoms with Crippen LogP contribution in [0.2, 0.25) is 5.02 Å². The second-order valence-corrected chi connectivity index (χ2v) is 6.35. The Kier molecular flexibility index (Phi) is 5.47. The molecule has 1 N–H and O–H groups in total. The van der Waals surface area contributed by atoms with E-state index in [-0.39, 0.29) is 0 Å². The van der Waals surface area contributed by atoms with Gasteiger partial charge in [-0.1, -0.05) is 24.9 Å². The number of hydrogen-bond donors (Lipinski definition) is 1. The Balaban J connectivity index is 2.12. The number of rotatable bonds is 4. The van der Waals surface area contributed by atoms with Gasteiger partial charge >= 0.3 is 0 Å². The highest BCUT2D eigenvalue weighted by Crippen LogP contribution is 2.23. The van der Waals surface area contributed by atoms with Gasteiger partial charge < -0.3 is 5.32 Å². The Hall–Kier alpha value is -0.580. The van der Waals surface area contributed by atoms with Crippen LogP contribution in [0, 0.1) is 6.92 Å². The van der Waals surface area contributed by atoms with Gasteiger partial charge in [-0.3, -0.25) is 9.58 Å². The van der Waals surface area contributed by atoms with Crippen molar-refractivity contribution >= 4 is 11.6 Å². The molecule has 0 amide bonds. The summed E-state index contributed by atoms with van der Waals surface area (Å²) in [4.78, 5) is 2.54. The van der Waals surface area contributed by atoms with E-state index in [4.69, 9.17) is 11.6 Å². The molecule has 1 saturated heterocycles. The number of hydrogen-bond acceptors (Lipinski definition) is 3. The molecule has 114 valence electrons. The van der Waals surface area contributed by atoms with E-state index in [1.54, 1.807) is 0 Å². The summed E-state index contributed by atoms with van der Waals surface area (Å²) in [7, 11) is 1.98. The first-order chi connectivity index (χ1) is 9.52. The average molecular weight is 299 g/mol. The van der Waals surface area contributed by atoms with Crippen LogP contribution in [-0.4, -0.2) is 39.9 Å². The van der Waals surface area contributed by atoms with Gasteiger partial charge in [0.25, 0.3) is 0 Å². The Morgan fingerprint density at radius 2 is 2.20 bits per heavy atom. The van der Waals surface area contributed by atoms with Gasteiger partial charge in [0.1, 0.15) is 0 Å². The molecule has 0 radical (unpaired) electrons. The van der Waals surface area contributed by atoms with Gasteiger partial charge in [-0.15, -0.1) is 0 Å². The molecule has 0 bridgehead atoms. The van der Waals surface area contributed by atoms with Gasteiger partial charge in [-0.05, 0) is 33.2 Å². The summed E-state index contributed by atoms with van der Waals surface area (Å²) in [5.74, 6) is 0. The highest BCUT2D eigenvalue weighted by atomic mass is 35.5. The van der Waals surface area contributed by atoms with Gasteiger partial charge in [-0.25, -0.2) is 0 Å². The van der Waals surface area contributed by atoms with Crippen LogP contribution in [0.5, 0.6) is 0 Å². The van der Waals surface area contributed by atoms with Gasteiger partial charge in [-0.2, -0.15) is 5.10 Å². The third-order valence-corrected chi connectivity index (χ3v) is 4.82. The van der Waals surface area contributed by atoms with Crippen molar-refractivity contribution in [3.8, 4) is 0 Å². The van der Waals surface area contributed by atoms with Crippen molar-refractivity contribution in [2.75, 3.05) is 13.1 Å².